The Hall–Kier alpha value is -2.82. The maximum absolute atomic E-state index is 12.0. The monoisotopic (exact) mass is 326 g/mol. The Morgan fingerprint density at radius 3 is 2.58 bits per heavy atom. The molecule has 126 valence electrons. The van der Waals surface area contributed by atoms with Crippen LogP contribution in [-0.2, 0) is 0 Å². The maximum atomic E-state index is 12.0. The maximum Gasteiger partial charge on any atom is 0.271 e. The molecule has 0 aliphatic rings. The first kappa shape index (κ1) is 17.5. The van der Waals surface area contributed by atoms with Crippen LogP contribution in [0.2, 0.25) is 0 Å². The van der Waals surface area contributed by atoms with Gasteiger partial charge in [0, 0.05) is 5.56 Å². The van der Waals surface area contributed by atoms with Crippen molar-refractivity contribution in [3.8, 4) is 11.5 Å². The number of carbonyl (C=O) groups is 1. The molecule has 2 aromatic carbocycles. The fourth-order valence-electron chi connectivity index (χ4n) is 2.00. The number of hydrogen-bond donors (Lipinski definition) is 1. The second-order valence-electron chi connectivity index (χ2n) is 5.08. The van der Waals surface area contributed by atoms with E-state index in [1.165, 1.54) is 0 Å². The van der Waals surface area contributed by atoms with Gasteiger partial charge in [0.25, 0.3) is 5.91 Å². The van der Waals surface area contributed by atoms with E-state index < -0.39 is 0 Å². The molecule has 0 bridgehead atoms. The summed E-state index contributed by atoms with van der Waals surface area (Å²) in [5, 5.41) is 3.98. The highest BCUT2D eigenvalue weighted by Crippen LogP contribution is 2.13. The number of ether oxygens (including phenoxy) is 2. The molecule has 0 aliphatic carbocycles. The van der Waals surface area contributed by atoms with Crippen LogP contribution in [-0.4, -0.2) is 25.3 Å². The third kappa shape index (κ3) is 5.43. The van der Waals surface area contributed by atoms with Crippen molar-refractivity contribution in [2.45, 2.75) is 20.3 Å². The van der Waals surface area contributed by atoms with Crippen molar-refractivity contribution in [3.05, 3.63) is 59.7 Å². The number of rotatable bonds is 8. The van der Waals surface area contributed by atoms with Crippen molar-refractivity contribution in [2.24, 2.45) is 5.10 Å². The molecular formula is C19H22N2O3. The van der Waals surface area contributed by atoms with Crippen LogP contribution in [0.3, 0.4) is 0 Å². The van der Waals surface area contributed by atoms with Crippen LogP contribution in [0.1, 0.15) is 36.2 Å². The standard InChI is InChI=1S/C19H22N2O3/c1-3-12-24-17-10-8-16(9-11-17)19(22)21-20-14-15-6-5-7-18(13-15)23-4-2/h5-11,13-14H,3-4,12H2,1-2H3,(H,21,22)/b20-14+. The Morgan fingerprint density at radius 1 is 1.08 bits per heavy atom. The van der Waals surface area contributed by atoms with Crippen molar-refractivity contribution >= 4 is 12.1 Å². The lowest BCUT2D eigenvalue weighted by molar-refractivity contribution is 0.0955. The van der Waals surface area contributed by atoms with Crippen LogP contribution >= 0.6 is 0 Å². The summed E-state index contributed by atoms with van der Waals surface area (Å²) in [5.74, 6) is 1.26. The predicted molar refractivity (Wildman–Crippen MR) is 94.9 cm³/mol. The highest BCUT2D eigenvalue weighted by molar-refractivity contribution is 5.95. The SMILES string of the molecule is CCCOc1ccc(C(=O)N/N=C/c2cccc(OCC)c2)cc1. The van der Waals surface area contributed by atoms with Crippen molar-refractivity contribution in [1.29, 1.82) is 0 Å². The zero-order valence-electron chi connectivity index (χ0n) is 14.0. The van der Waals surface area contributed by atoms with Gasteiger partial charge in [-0.25, -0.2) is 5.43 Å². The number of benzene rings is 2. The average molecular weight is 326 g/mol. The third-order valence-corrected chi connectivity index (χ3v) is 3.14. The van der Waals surface area contributed by atoms with E-state index in [4.69, 9.17) is 9.47 Å². The molecule has 0 fully saturated rings. The van der Waals surface area contributed by atoms with Crippen molar-refractivity contribution < 1.29 is 14.3 Å². The average Bonchev–Trinajstić information content (AvgIpc) is 2.61. The van der Waals surface area contributed by atoms with Gasteiger partial charge in [-0.2, -0.15) is 5.10 Å². The molecular weight excluding hydrogens is 304 g/mol. The summed E-state index contributed by atoms with van der Waals surface area (Å²) in [5.41, 5.74) is 3.89. The summed E-state index contributed by atoms with van der Waals surface area (Å²) in [7, 11) is 0. The first-order chi connectivity index (χ1) is 11.7. The minimum absolute atomic E-state index is 0.269. The first-order valence-electron chi connectivity index (χ1n) is 8.02. The Labute approximate surface area is 142 Å². The Bertz CT molecular complexity index is 681. The van der Waals surface area contributed by atoms with E-state index in [2.05, 4.69) is 10.5 Å². The highest BCUT2D eigenvalue weighted by atomic mass is 16.5. The first-order valence-corrected chi connectivity index (χ1v) is 8.02. The van der Waals surface area contributed by atoms with Crippen molar-refractivity contribution in [1.82, 2.24) is 5.43 Å². The minimum atomic E-state index is -0.269. The number of hydrogen-bond acceptors (Lipinski definition) is 4. The zero-order chi connectivity index (χ0) is 17.2. The molecule has 0 unspecified atom stereocenters. The Balaban J connectivity index is 1.91. The molecule has 0 heterocycles. The molecule has 0 radical (unpaired) electrons. The van der Waals surface area contributed by atoms with E-state index >= 15 is 0 Å². The molecule has 1 amide bonds. The molecule has 0 saturated heterocycles. The van der Waals surface area contributed by atoms with Gasteiger partial charge in [0.15, 0.2) is 0 Å². The predicted octanol–water partition coefficient (Wildman–Crippen LogP) is 3.64. The van der Waals surface area contributed by atoms with Crippen LogP contribution in [0, 0.1) is 0 Å². The topological polar surface area (TPSA) is 59.9 Å². The van der Waals surface area contributed by atoms with E-state index in [1.54, 1.807) is 30.5 Å². The van der Waals surface area contributed by atoms with Crippen LogP contribution in [0.25, 0.3) is 0 Å². The second-order valence-corrected chi connectivity index (χ2v) is 5.08. The van der Waals surface area contributed by atoms with E-state index in [1.807, 2.05) is 38.1 Å². The lowest BCUT2D eigenvalue weighted by atomic mass is 10.2. The third-order valence-electron chi connectivity index (χ3n) is 3.14. The number of amides is 1. The van der Waals surface area contributed by atoms with Gasteiger partial charge in [-0.3, -0.25) is 4.79 Å². The Morgan fingerprint density at radius 2 is 1.88 bits per heavy atom. The van der Waals surface area contributed by atoms with Gasteiger partial charge in [0.1, 0.15) is 11.5 Å². The van der Waals surface area contributed by atoms with Gasteiger partial charge in [0.05, 0.1) is 19.4 Å². The van der Waals surface area contributed by atoms with Crippen molar-refractivity contribution in [2.75, 3.05) is 13.2 Å². The summed E-state index contributed by atoms with van der Waals surface area (Å²) < 4.78 is 10.9. The highest BCUT2D eigenvalue weighted by Gasteiger charge is 2.04. The number of nitrogens with zero attached hydrogens (tertiary/aromatic N) is 1. The molecule has 5 nitrogen and oxygen atoms in total. The molecule has 0 aliphatic heterocycles. The van der Waals surface area contributed by atoms with Crippen LogP contribution in [0.5, 0.6) is 11.5 Å². The van der Waals surface area contributed by atoms with Gasteiger partial charge in [-0.15, -0.1) is 0 Å². The molecule has 0 atom stereocenters. The number of hydrazone groups is 1. The summed E-state index contributed by atoms with van der Waals surface area (Å²) in [6.45, 7) is 5.25. The molecule has 2 aromatic rings. The molecule has 24 heavy (non-hydrogen) atoms. The molecule has 2 rings (SSSR count). The lowest BCUT2D eigenvalue weighted by Crippen LogP contribution is -2.17. The van der Waals surface area contributed by atoms with Gasteiger partial charge in [-0.05, 0) is 55.3 Å². The zero-order valence-corrected chi connectivity index (χ0v) is 14.0. The summed E-state index contributed by atoms with van der Waals surface area (Å²) in [6, 6.07) is 14.5. The minimum Gasteiger partial charge on any atom is -0.494 e. The van der Waals surface area contributed by atoms with Crippen LogP contribution in [0.15, 0.2) is 53.6 Å². The molecule has 0 spiro atoms. The number of nitrogens with one attached hydrogen (secondary N) is 1. The molecule has 1 N–H and O–H groups in total. The van der Waals surface area contributed by atoms with Gasteiger partial charge < -0.3 is 9.47 Å². The fourth-order valence-corrected chi connectivity index (χ4v) is 2.00. The largest absolute Gasteiger partial charge is 0.494 e. The Kier molecular flexibility index (Phi) is 6.83. The van der Waals surface area contributed by atoms with Gasteiger partial charge >= 0.3 is 0 Å². The smallest absolute Gasteiger partial charge is 0.271 e. The number of carbonyl (C=O) groups excluding carboxylic acids is 1. The molecule has 0 aromatic heterocycles. The van der Waals surface area contributed by atoms with Crippen LogP contribution < -0.4 is 14.9 Å². The van der Waals surface area contributed by atoms with Gasteiger partial charge in [0.2, 0.25) is 0 Å². The van der Waals surface area contributed by atoms with E-state index in [9.17, 15) is 4.79 Å². The fraction of sp³-hybridized carbons (Fsp3) is 0.263. The van der Waals surface area contributed by atoms with Crippen molar-refractivity contribution in [3.63, 3.8) is 0 Å². The summed E-state index contributed by atoms with van der Waals surface area (Å²) in [6.07, 6.45) is 2.53. The van der Waals surface area contributed by atoms with Gasteiger partial charge in [-0.1, -0.05) is 19.1 Å². The molecule has 0 saturated carbocycles. The summed E-state index contributed by atoms with van der Waals surface area (Å²) in [4.78, 5) is 12.0. The summed E-state index contributed by atoms with van der Waals surface area (Å²) >= 11 is 0. The second kappa shape index (κ2) is 9.35. The normalized spacial score (nSPS) is 10.6. The molecule has 5 heteroatoms. The van der Waals surface area contributed by atoms with E-state index in [-0.39, 0.29) is 5.91 Å². The quantitative estimate of drug-likeness (QED) is 0.595. The lowest BCUT2D eigenvalue weighted by Gasteiger charge is -2.05. The van der Waals surface area contributed by atoms with E-state index in [0.29, 0.717) is 18.8 Å². The van der Waals surface area contributed by atoms with E-state index in [0.717, 1.165) is 23.5 Å². The van der Waals surface area contributed by atoms with Crippen LogP contribution in [0.4, 0.5) is 0 Å².